The Labute approximate surface area is 99.9 Å². The van der Waals surface area contributed by atoms with Crippen molar-refractivity contribution in [2.75, 3.05) is 33.2 Å². The summed E-state index contributed by atoms with van der Waals surface area (Å²) >= 11 is 0. The summed E-state index contributed by atoms with van der Waals surface area (Å²) in [4.78, 5) is 23.3. The fourth-order valence-electron chi connectivity index (χ4n) is 1.88. The summed E-state index contributed by atoms with van der Waals surface area (Å²) in [5.41, 5.74) is 0.795. The zero-order valence-electron chi connectivity index (χ0n) is 9.83. The largest absolute Gasteiger partial charge is 0.478 e. The number of hydrogen-bond donors (Lipinski definition) is 1. The molecule has 0 bridgehead atoms. The second kappa shape index (κ2) is 5.20. The van der Waals surface area contributed by atoms with E-state index in [1.807, 2.05) is 0 Å². The van der Waals surface area contributed by atoms with Gasteiger partial charge in [0.25, 0.3) is 0 Å². The lowest BCUT2D eigenvalue weighted by Crippen LogP contribution is -2.44. The standard InChI is InChI=1S/C11H16N4O2/c1-14-2-4-15(5-3-14)7-10-9(11(16)17)6-12-8-13-10/h6,8H,2-5,7H2,1H3,(H,16,17). The topological polar surface area (TPSA) is 69.6 Å². The van der Waals surface area contributed by atoms with Gasteiger partial charge in [0.15, 0.2) is 0 Å². The first-order valence-electron chi connectivity index (χ1n) is 5.60. The average Bonchev–Trinajstić information content (AvgIpc) is 2.32. The van der Waals surface area contributed by atoms with Gasteiger partial charge in [-0.3, -0.25) is 4.90 Å². The molecule has 17 heavy (non-hydrogen) atoms. The van der Waals surface area contributed by atoms with E-state index in [-0.39, 0.29) is 5.56 Å². The molecule has 1 N–H and O–H groups in total. The quantitative estimate of drug-likeness (QED) is 0.791. The Bertz CT molecular complexity index is 402. The Morgan fingerprint density at radius 2 is 2.12 bits per heavy atom. The minimum Gasteiger partial charge on any atom is -0.478 e. The van der Waals surface area contributed by atoms with Crippen LogP contribution in [0.1, 0.15) is 16.1 Å². The van der Waals surface area contributed by atoms with Gasteiger partial charge in [0.2, 0.25) is 0 Å². The summed E-state index contributed by atoms with van der Waals surface area (Å²) in [6.45, 7) is 4.48. The van der Waals surface area contributed by atoms with Crippen LogP contribution in [-0.2, 0) is 6.54 Å². The molecular formula is C11H16N4O2. The van der Waals surface area contributed by atoms with Crippen LogP contribution in [0, 0.1) is 0 Å². The van der Waals surface area contributed by atoms with Crippen molar-refractivity contribution in [1.29, 1.82) is 0 Å². The van der Waals surface area contributed by atoms with Gasteiger partial charge in [-0.2, -0.15) is 0 Å². The van der Waals surface area contributed by atoms with E-state index < -0.39 is 5.97 Å². The van der Waals surface area contributed by atoms with E-state index in [1.54, 1.807) is 0 Å². The molecule has 0 saturated carbocycles. The molecule has 1 aromatic rings. The Balaban J connectivity index is 2.05. The maximum Gasteiger partial charge on any atom is 0.339 e. The van der Waals surface area contributed by atoms with Crippen LogP contribution in [0.2, 0.25) is 0 Å². The van der Waals surface area contributed by atoms with Crippen LogP contribution in [0.25, 0.3) is 0 Å². The van der Waals surface area contributed by atoms with Gasteiger partial charge in [0.1, 0.15) is 11.9 Å². The van der Waals surface area contributed by atoms with Crippen LogP contribution in [0.15, 0.2) is 12.5 Å². The first-order chi connectivity index (χ1) is 8.16. The maximum atomic E-state index is 11.0. The number of piperazine rings is 1. The maximum absolute atomic E-state index is 11.0. The molecule has 1 fully saturated rings. The molecule has 1 aliphatic heterocycles. The van der Waals surface area contributed by atoms with Crippen LogP contribution in [0.5, 0.6) is 0 Å². The van der Waals surface area contributed by atoms with Gasteiger partial charge >= 0.3 is 5.97 Å². The highest BCUT2D eigenvalue weighted by atomic mass is 16.4. The van der Waals surface area contributed by atoms with Crippen molar-refractivity contribution in [3.63, 3.8) is 0 Å². The molecule has 1 aliphatic rings. The minimum absolute atomic E-state index is 0.200. The predicted octanol–water partition coefficient (Wildman–Crippen LogP) is -0.0778. The van der Waals surface area contributed by atoms with Gasteiger partial charge in [-0.25, -0.2) is 14.8 Å². The van der Waals surface area contributed by atoms with Crippen molar-refractivity contribution in [3.05, 3.63) is 23.8 Å². The number of aromatic nitrogens is 2. The average molecular weight is 236 g/mol. The molecule has 0 radical (unpaired) electrons. The Hall–Kier alpha value is -1.53. The summed E-state index contributed by atoms with van der Waals surface area (Å²) in [6.07, 6.45) is 2.76. The second-order valence-corrected chi connectivity index (χ2v) is 4.27. The molecule has 0 unspecified atom stereocenters. The molecule has 6 nitrogen and oxygen atoms in total. The van der Waals surface area contributed by atoms with Crippen molar-refractivity contribution in [1.82, 2.24) is 19.8 Å². The van der Waals surface area contributed by atoms with E-state index in [0.29, 0.717) is 12.2 Å². The third-order valence-electron chi connectivity index (χ3n) is 2.99. The number of rotatable bonds is 3. The van der Waals surface area contributed by atoms with Crippen LogP contribution in [0.4, 0.5) is 0 Å². The Kier molecular flexibility index (Phi) is 3.65. The first-order valence-corrected chi connectivity index (χ1v) is 5.60. The van der Waals surface area contributed by atoms with Gasteiger partial charge in [-0.05, 0) is 7.05 Å². The Morgan fingerprint density at radius 1 is 1.41 bits per heavy atom. The molecule has 2 heterocycles. The van der Waals surface area contributed by atoms with Gasteiger partial charge in [-0.1, -0.05) is 0 Å². The molecule has 1 saturated heterocycles. The van der Waals surface area contributed by atoms with Crippen molar-refractivity contribution in [3.8, 4) is 0 Å². The number of carboxylic acid groups (broad SMARTS) is 1. The smallest absolute Gasteiger partial charge is 0.339 e. The van der Waals surface area contributed by atoms with Crippen molar-refractivity contribution in [2.45, 2.75) is 6.54 Å². The van der Waals surface area contributed by atoms with Crippen LogP contribution in [-0.4, -0.2) is 64.1 Å². The van der Waals surface area contributed by atoms with Gasteiger partial charge in [0, 0.05) is 38.9 Å². The SMILES string of the molecule is CN1CCN(Cc2ncncc2C(=O)O)CC1. The van der Waals surface area contributed by atoms with Gasteiger partial charge in [-0.15, -0.1) is 0 Å². The van der Waals surface area contributed by atoms with E-state index in [4.69, 9.17) is 5.11 Å². The summed E-state index contributed by atoms with van der Waals surface area (Å²) in [5.74, 6) is -0.963. The molecule has 0 aliphatic carbocycles. The normalized spacial score (nSPS) is 18.2. The predicted molar refractivity (Wildman–Crippen MR) is 61.8 cm³/mol. The molecule has 92 valence electrons. The summed E-state index contributed by atoms with van der Waals surface area (Å²) < 4.78 is 0. The van der Waals surface area contributed by atoms with Gasteiger partial charge in [0.05, 0.1) is 5.69 Å². The number of hydrogen-bond acceptors (Lipinski definition) is 5. The molecule has 6 heteroatoms. The monoisotopic (exact) mass is 236 g/mol. The minimum atomic E-state index is -0.963. The van der Waals surface area contributed by atoms with Crippen LogP contribution >= 0.6 is 0 Å². The second-order valence-electron chi connectivity index (χ2n) is 4.27. The third kappa shape index (κ3) is 2.98. The zero-order chi connectivity index (χ0) is 12.3. The molecule has 0 amide bonds. The molecule has 2 rings (SSSR count). The first kappa shape index (κ1) is 11.9. The number of carboxylic acids is 1. The van der Waals surface area contributed by atoms with E-state index >= 15 is 0 Å². The fraction of sp³-hybridized carbons (Fsp3) is 0.545. The molecule has 0 spiro atoms. The van der Waals surface area contributed by atoms with E-state index in [1.165, 1.54) is 12.5 Å². The van der Waals surface area contributed by atoms with Crippen LogP contribution in [0.3, 0.4) is 0 Å². The highest BCUT2D eigenvalue weighted by molar-refractivity contribution is 5.88. The lowest BCUT2D eigenvalue weighted by molar-refractivity contribution is 0.0692. The van der Waals surface area contributed by atoms with E-state index in [9.17, 15) is 4.79 Å². The molecule has 1 aromatic heterocycles. The summed E-state index contributed by atoms with van der Waals surface area (Å²) in [7, 11) is 2.09. The van der Waals surface area contributed by atoms with E-state index in [0.717, 1.165) is 26.2 Å². The zero-order valence-corrected chi connectivity index (χ0v) is 9.83. The highest BCUT2D eigenvalue weighted by Gasteiger charge is 2.18. The lowest BCUT2D eigenvalue weighted by Gasteiger charge is -2.32. The number of carbonyl (C=O) groups is 1. The summed E-state index contributed by atoms with van der Waals surface area (Å²) in [5, 5.41) is 9.03. The third-order valence-corrected chi connectivity index (χ3v) is 2.99. The van der Waals surface area contributed by atoms with E-state index in [2.05, 4.69) is 26.8 Å². The van der Waals surface area contributed by atoms with Crippen molar-refractivity contribution >= 4 is 5.97 Å². The molecule has 0 atom stereocenters. The lowest BCUT2D eigenvalue weighted by atomic mass is 10.2. The molecular weight excluding hydrogens is 220 g/mol. The number of likely N-dealkylation sites (N-methyl/N-ethyl adjacent to an activating group) is 1. The number of aromatic carboxylic acids is 1. The van der Waals surface area contributed by atoms with Gasteiger partial charge < -0.3 is 10.0 Å². The molecule has 0 aromatic carbocycles. The highest BCUT2D eigenvalue weighted by Crippen LogP contribution is 2.09. The van der Waals surface area contributed by atoms with Crippen LogP contribution < -0.4 is 0 Å². The number of nitrogens with zero attached hydrogens (tertiary/aromatic N) is 4. The van der Waals surface area contributed by atoms with Crippen molar-refractivity contribution in [2.24, 2.45) is 0 Å². The Morgan fingerprint density at radius 3 is 2.76 bits per heavy atom. The fourth-order valence-corrected chi connectivity index (χ4v) is 1.88. The summed E-state index contributed by atoms with van der Waals surface area (Å²) in [6, 6.07) is 0. The van der Waals surface area contributed by atoms with Crippen molar-refractivity contribution < 1.29 is 9.90 Å².